The van der Waals surface area contributed by atoms with Gasteiger partial charge >= 0.3 is 5.69 Å². The van der Waals surface area contributed by atoms with Gasteiger partial charge in [0.1, 0.15) is 0 Å². The molecule has 118 valence electrons. The first-order chi connectivity index (χ1) is 9.88. The van der Waals surface area contributed by atoms with Crippen LogP contribution in [0.25, 0.3) is 0 Å². The first-order valence-electron chi connectivity index (χ1n) is 7.32. The van der Waals surface area contributed by atoms with Crippen molar-refractivity contribution in [2.24, 2.45) is 5.92 Å². The van der Waals surface area contributed by atoms with Gasteiger partial charge in [-0.25, -0.2) is 0 Å². The third-order valence-electron chi connectivity index (χ3n) is 3.60. The van der Waals surface area contributed by atoms with Crippen LogP contribution >= 0.6 is 11.3 Å². The van der Waals surface area contributed by atoms with E-state index in [1.54, 1.807) is 6.92 Å². The van der Waals surface area contributed by atoms with Crippen molar-refractivity contribution in [1.82, 2.24) is 4.90 Å². The molecule has 1 aromatic rings. The Balaban J connectivity index is 2.10. The zero-order valence-electron chi connectivity index (χ0n) is 12.8. The summed E-state index contributed by atoms with van der Waals surface area (Å²) in [4.78, 5) is 16.0. The summed E-state index contributed by atoms with van der Waals surface area (Å²) in [6, 6.07) is 1.51. The SMILES string of the molecule is CC(C)CN1CCN(c2sc(C(C)O)cc2[N+](=O)[O-])CC1. The lowest BCUT2D eigenvalue weighted by molar-refractivity contribution is -0.383. The van der Waals surface area contributed by atoms with E-state index in [1.165, 1.54) is 17.4 Å². The van der Waals surface area contributed by atoms with E-state index < -0.39 is 6.10 Å². The molecule has 0 spiro atoms. The Kier molecular flexibility index (Phi) is 5.18. The fourth-order valence-corrected chi connectivity index (χ4v) is 3.72. The van der Waals surface area contributed by atoms with Crippen molar-refractivity contribution >= 4 is 22.0 Å². The van der Waals surface area contributed by atoms with Crippen molar-refractivity contribution < 1.29 is 10.0 Å². The highest BCUT2D eigenvalue weighted by molar-refractivity contribution is 7.16. The molecular weight excluding hydrogens is 290 g/mol. The summed E-state index contributed by atoms with van der Waals surface area (Å²) in [5.74, 6) is 0.634. The lowest BCUT2D eigenvalue weighted by atomic mass is 10.2. The van der Waals surface area contributed by atoms with Gasteiger partial charge < -0.3 is 10.0 Å². The molecular formula is C14H23N3O3S. The van der Waals surface area contributed by atoms with E-state index in [9.17, 15) is 15.2 Å². The van der Waals surface area contributed by atoms with E-state index in [1.807, 2.05) is 0 Å². The Morgan fingerprint density at radius 3 is 2.43 bits per heavy atom. The minimum Gasteiger partial charge on any atom is -0.388 e. The highest BCUT2D eigenvalue weighted by Gasteiger charge is 2.27. The van der Waals surface area contributed by atoms with Crippen LogP contribution in [0.5, 0.6) is 0 Å². The van der Waals surface area contributed by atoms with Crippen molar-refractivity contribution in [3.63, 3.8) is 0 Å². The molecule has 0 amide bonds. The summed E-state index contributed by atoms with van der Waals surface area (Å²) in [7, 11) is 0. The fraction of sp³-hybridized carbons (Fsp3) is 0.714. The molecule has 1 atom stereocenters. The molecule has 2 heterocycles. The first-order valence-corrected chi connectivity index (χ1v) is 8.13. The molecule has 2 rings (SSSR count). The van der Waals surface area contributed by atoms with Crippen molar-refractivity contribution in [3.8, 4) is 0 Å². The van der Waals surface area contributed by atoms with Gasteiger partial charge in [-0.15, -0.1) is 11.3 Å². The molecule has 1 saturated heterocycles. The summed E-state index contributed by atoms with van der Waals surface area (Å²) in [5.41, 5.74) is 0.119. The van der Waals surface area contributed by atoms with Crippen molar-refractivity contribution in [2.45, 2.75) is 26.9 Å². The average molecular weight is 313 g/mol. The maximum atomic E-state index is 11.2. The van der Waals surface area contributed by atoms with Gasteiger partial charge in [0.2, 0.25) is 0 Å². The van der Waals surface area contributed by atoms with E-state index >= 15 is 0 Å². The van der Waals surface area contributed by atoms with Gasteiger partial charge in [-0.2, -0.15) is 0 Å². The van der Waals surface area contributed by atoms with Gasteiger partial charge in [0.05, 0.1) is 11.0 Å². The summed E-state index contributed by atoms with van der Waals surface area (Å²) in [6.07, 6.45) is -0.662. The maximum Gasteiger partial charge on any atom is 0.304 e. The van der Waals surface area contributed by atoms with Crippen LogP contribution in [0.2, 0.25) is 0 Å². The summed E-state index contributed by atoms with van der Waals surface area (Å²) >= 11 is 1.33. The minimum absolute atomic E-state index is 0.119. The summed E-state index contributed by atoms with van der Waals surface area (Å²) in [5, 5.41) is 21.5. The van der Waals surface area contributed by atoms with Gasteiger partial charge in [0.25, 0.3) is 0 Å². The summed E-state index contributed by atoms with van der Waals surface area (Å²) in [6.45, 7) is 10.6. The maximum absolute atomic E-state index is 11.2. The minimum atomic E-state index is -0.662. The molecule has 0 aliphatic carbocycles. The zero-order valence-corrected chi connectivity index (χ0v) is 13.6. The normalized spacial score (nSPS) is 18.2. The van der Waals surface area contributed by atoms with E-state index in [2.05, 4.69) is 23.6 Å². The second-order valence-corrected chi connectivity index (χ2v) is 7.02. The second-order valence-electron chi connectivity index (χ2n) is 5.95. The molecule has 7 heteroatoms. The first kappa shape index (κ1) is 16.2. The van der Waals surface area contributed by atoms with Crippen LogP contribution in [0.1, 0.15) is 31.8 Å². The molecule has 21 heavy (non-hydrogen) atoms. The second kappa shape index (κ2) is 6.72. The lowest BCUT2D eigenvalue weighted by Gasteiger charge is -2.35. The van der Waals surface area contributed by atoms with Gasteiger partial charge in [-0.05, 0) is 12.8 Å². The molecule has 0 aromatic carbocycles. The van der Waals surface area contributed by atoms with Crippen LogP contribution in [0.3, 0.4) is 0 Å². The Morgan fingerprint density at radius 2 is 1.95 bits per heavy atom. The highest BCUT2D eigenvalue weighted by atomic mass is 32.1. The predicted octanol–water partition coefficient (Wildman–Crippen LogP) is 2.49. The number of nitro groups is 1. The zero-order chi connectivity index (χ0) is 15.6. The molecule has 1 aliphatic rings. The van der Waals surface area contributed by atoms with Gasteiger partial charge in [0.15, 0.2) is 5.00 Å². The van der Waals surface area contributed by atoms with Crippen molar-refractivity contribution in [2.75, 3.05) is 37.6 Å². The number of aliphatic hydroxyl groups excluding tert-OH is 1. The Bertz CT molecular complexity index is 494. The molecule has 0 radical (unpaired) electrons. The number of anilines is 1. The smallest absolute Gasteiger partial charge is 0.304 e. The molecule has 1 aliphatic heterocycles. The van der Waals surface area contributed by atoms with E-state index in [0.29, 0.717) is 15.8 Å². The monoisotopic (exact) mass is 313 g/mol. The van der Waals surface area contributed by atoms with Crippen molar-refractivity contribution in [3.05, 3.63) is 21.1 Å². The number of nitrogens with zero attached hydrogens (tertiary/aromatic N) is 3. The van der Waals surface area contributed by atoms with Crippen molar-refractivity contribution in [1.29, 1.82) is 0 Å². The highest BCUT2D eigenvalue weighted by Crippen LogP contribution is 2.40. The molecule has 1 aromatic heterocycles. The van der Waals surface area contributed by atoms with E-state index in [-0.39, 0.29) is 10.6 Å². The molecule has 1 fully saturated rings. The number of aliphatic hydroxyl groups is 1. The number of hydrogen-bond donors (Lipinski definition) is 1. The number of piperazine rings is 1. The molecule has 1 N–H and O–H groups in total. The third-order valence-corrected chi connectivity index (χ3v) is 4.96. The Labute approximate surface area is 129 Å². The van der Waals surface area contributed by atoms with Crippen LogP contribution in [0, 0.1) is 16.0 Å². The molecule has 0 bridgehead atoms. The number of thiophene rings is 1. The summed E-state index contributed by atoms with van der Waals surface area (Å²) < 4.78 is 0. The quantitative estimate of drug-likeness (QED) is 0.668. The van der Waals surface area contributed by atoms with Gasteiger partial charge in [-0.3, -0.25) is 15.0 Å². The van der Waals surface area contributed by atoms with Gasteiger partial charge in [-0.1, -0.05) is 13.8 Å². The average Bonchev–Trinajstić information content (AvgIpc) is 2.84. The lowest BCUT2D eigenvalue weighted by Crippen LogP contribution is -2.47. The fourth-order valence-electron chi connectivity index (χ4n) is 2.60. The van der Waals surface area contributed by atoms with Crippen LogP contribution in [-0.4, -0.2) is 47.7 Å². The molecule has 6 nitrogen and oxygen atoms in total. The topological polar surface area (TPSA) is 69.8 Å². The molecule has 0 saturated carbocycles. The standard InChI is InChI=1S/C14H23N3O3S/c1-10(2)9-15-4-6-16(7-5-15)14-12(17(19)20)8-13(21-14)11(3)18/h8,10-11,18H,4-7,9H2,1-3H3. The predicted molar refractivity (Wildman–Crippen MR) is 85.1 cm³/mol. The van der Waals surface area contributed by atoms with Crippen LogP contribution in [-0.2, 0) is 0 Å². The third kappa shape index (κ3) is 3.93. The Morgan fingerprint density at radius 1 is 1.33 bits per heavy atom. The number of hydrogen-bond acceptors (Lipinski definition) is 6. The van der Waals surface area contributed by atoms with E-state index in [4.69, 9.17) is 0 Å². The van der Waals surface area contributed by atoms with Crippen LogP contribution in [0.4, 0.5) is 10.7 Å². The molecule has 1 unspecified atom stereocenters. The van der Waals surface area contributed by atoms with Crippen LogP contribution in [0.15, 0.2) is 6.07 Å². The van der Waals surface area contributed by atoms with Crippen LogP contribution < -0.4 is 4.90 Å². The van der Waals surface area contributed by atoms with E-state index in [0.717, 1.165) is 32.7 Å². The largest absolute Gasteiger partial charge is 0.388 e. The Hall–Kier alpha value is -1.18. The van der Waals surface area contributed by atoms with Gasteiger partial charge in [0, 0.05) is 43.7 Å². The number of rotatable bonds is 5.